The zero-order valence-electron chi connectivity index (χ0n) is 6.13. The van der Waals surface area contributed by atoms with E-state index in [9.17, 15) is 4.39 Å². The fourth-order valence-electron chi connectivity index (χ4n) is 0.570. The summed E-state index contributed by atoms with van der Waals surface area (Å²) in [7, 11) is 0. The monoisotopic (exact) mass is 204 g/mol. The highest BCUT2D eigenvalue weighted by Gasteiger charge is 2.04. The fourth-order valence-corrected chi connectivity index (χ4v) is 1.37. The molecular weight excluding hydrogens is 199 g/mol. The van der Waals surface area contributed by atoms with Crippen LogP contribution in [-0.2, 0) is 0 Å². The summed E-state index contributed by atoms with van der Waals surface area (Å²) in [5.41, 5.74) is 0. The van der Waals surface area contributed by atoms with Crippen LogP contribution in [-0.4, -0.2) is 15.7 Å². The zero-order valence-corrected chi connectivity index (χ0v) is 7.70. The van der Waals surface area contributed by atoms with E-state index in [-0.39, 0.29) is 10.3 Å². The Bertz CT molecular complexity index is 293. The molecule has 0 aliphatic heterocycles. The van der Waals surface area contributed by atoms with Crippen molar-refractivity contribution in [3.8, 4) is 0 Å². The van der Waals surface area contributed by atoms with Gasteiger partial charge in [0, 0.05) is 5.75 Å². The van der Waals surface area contributed by atoms with Gasteiger partial charge in [0.1, 0.15) is 5.03 Å². The topological polar surface area (TPSA) is 25.8 Å². The minimum Gasteiger partial charge on any atom is -0.223 e. The van der Waals surface area contributed by atoms with Crippen LogP contribution >= 0.6 is 23.4 Å². The quantitative estimate of drug-likeness (QED) is 0.328. The number of halogens is 2. The first-order valence-electron chi connectivity index (χ1n) is 3.15. The van der Waals surface area contributed by atoms with Crippen molar-refractivity contribution >= 4 is 23.4 Å². The molecule has 0 atom stereocenters. The van der Waals surface area contributed by atoms with Crippen molar-refractivity contribution in [2.75, 3.05) is 5.75 Å². The molecule has 0 saturated heterocycles. The molecule has 2 nitrogen and oxygen atoms in total. The van der Waals surface area contributed by atoms with E-state index in [1.807, 2.05) is 0 Å². The maximum Gasteiger partial charge on any atom is 0.223 e. The van der Waals surface area contributed by atoms with E-state index in [1.165, 1.54) is 11.8 Å². The number of thioether (sulfide) groups is 1. The molecule has 12 heavy (non-hydrogen) atoms. The molecule has 0 saturated carbocycles. The number of hydrogen-bond acceptors (Lipinski definition) is 3. The van der Waals surface area contributed by atoms with Crippen LogP contribution in [0.2, 0.25) is 5.28 Å². The van der Waals surface area contributed by atoms with E-state index in [1.54, 1.807) is 6.08 Å². The lowest BCUT2D eigenvalue weighted by Crippen LogP contribution is -1.90. The fraction of sp³-hybridized carbons (Fsp3) is 0.143. The lowest BCUT2D eigenvalue weighted by atomic mass is 10.6. The van der Waals surface area contributed by atoms with Gasteiger partial charge >= 0.3 is 0 Å². The van der Waals surface area contributed by atoms with Crippen molar-refractivity contribution in [2.45, 2.75) is 5.03 Å². The van der Waals surface area contributed by atoms with Crippen molar-refractivity contribution < 1.29 is 4.39 Å². The second-order valence-electron chi connectivity index (χ2n) is 1.89. The van der Waals surface area contributed by atoms with Crippen LogP contribution in [0.3, 0.4) is 0 Å². The molecule has 0 N–H and O–H groups in total. The van der Waals surface area contributed by atoms with Crippen molar-refractivity contribution in [1.29, 1.82) is 0 Å². The van der Waals surface area contributed by atoms with E-state index >= 15 is 0 Å². The van der Waals surface area contributed by atoms with Gasteiger partial charge in [-0.25, -0.2) is 14.4 Å². The summed E-state index contributed by atoms with van der Waals surface area (Å²) in [6.45, 7) is 3.51. The van der Waals surface area contributed by atoms with E-state index < -0.39 is 5.82 Å². The van der Waals surface area contributed by atoms with Crippen LogP contribution in [0.4, 0.5) is 4.39 Å². The highest BCUT2D eigenvalue weighted by molar-refractivity contribution is 7.99. The van der Waals surface area contributed by atoms with Gasteiger partial charge in [-0.2, -0.15) is 0 Å². The van der Waals surface area contributed by atoms with Gasteiger partial charge in [0.25, 0.3) is 0 Å². The van der Waals surface area contributed by atoms with Crippen molar-refractivity contribution in [2.24, 2.45) is 0 Å². The summed E-state index contributed by atoms with van der Waals surface area (Å²) in [6.07, 6.45) is 2.72. The molecule has 1 aromatic rings. The number of aromatic nitrogens is 2. The van der Waals surface area contributed by atoms with E-state index in [0.29, 0.717) is 5.75 Å². The Morgan fingerprint density at radius 1 is 1.75 bits per heavy atom. The Kier molecular flexibility index (Phi) is 3.49. The normalized spacial score (nSPS) is 9.83. The third kappa shape index (κ3) is 2.46. The third-order valence-corrected chi connectivity index (χ3v) is 2.16. The Morgan fingerprint density at radius 2 is 2.50 bits per heavy atom. The Morgan fingerprint density at radius 3 is 3.17 bits per heavy atom. The van der Waals surface area contributed by atoms with Crippen molar-refractivity contribution in [3.05, 3.63) is 30.0 Å². The van der Waals surface area contributed by atoms with Gasteiger partial charge in [0.2, 0.25) is 5.28 Å². The molecule has 0 aliphatic rings. The number of hydrogen-bond donors (Lipinski definition) is 0. The second-order valence-corrected chi connectivity index (χ2v) is 3.24. The summed E-state index contributed by atoms with van der Waals surface area (Å²) in [5, 5.41) is 0.317. The lowest BCUT2D eigenvalue weighted by molar-refractivity contribution is 0.579. The molecule has 0 spiro atoms. The first-order chi connectivity index (χ1) is 5.74. The van der Waals surface area contributed by atoms with Crippen LogP contribution in [0.15, 0.2) is 23.9 Å². The van der Waals surface area contributed by atoms with Gasteiger partial charge in [-0.3, -0.25) is 0 Å². The van der Waals surface area contributed by atoms with E-state index in [2.05, 4.69) is 16.5 Å². The van der Waals surface area contributed by atoms with Crippen LogP contribution in [0.1, 0.15) is 0 Å². The summed E-state index contributed by atoms with van der Waals surface area (Å²) < 4.78 is 12.9. The predicted molar refractivity (Wildman–Crippen MR) is 47.9 cm³/mol. The minimum absolute atomic E-state index is 0.0583. The van der Waals surface area contributed by atoms with Gasteiger partial charge in [0.05, 0.1) is 6.20 Å². The molecule has 0 unspecified atom stereocenters. The van der Waals surface area contributed by atoms with Gasteiger partial charge in [-0.1, -0.05) is 17.8 Å². The SMILES string of the molecule is C=CCSc1nc(Cl)ncc1F. The lowest BCUT2D eigenvalue weighted by Gasteiger charge is -1.98. The maximum absolute atomic E-state index is 12.9. The van der Waals surface area contributed by atoms with Crippen LogP contribution in [0, 0.1) is 5.82 Å². The Labute approximate surface area is 78.9 Å². The first kappa shape index (κ1) is 9.48. The molecule has 64 valence electrons. The van der Waals surface area contributed by atoms with E-state index in [4.69, 9.17) is 11.6 Å². The van der Waals surface area contributed by atoms with Crippen molar-refractivity contribution in [3.63, 3.8) is 0 Å². The predicted octanol–water partition coefficient (Wildman–Crippen LogP) is 2.55. The highest BCUT2D eigenvalue weighted by atomic mass is 35.5. The van der Waals surface area contributed by atoms with Crippen LogP contribution in [0.25, 0.3) is 0 Å². The molecule has 1 aromatic heterocycles. The summed E-state index contributed by atoms with van der Waals surface area (Å²) in [4.78, 5) is 7.19. The van der Waals surface area contributed by atoms with Crippen molar-refractivity contribution in [1.82, 2.24) is 9.97 Å². The first-order valence-corrected chi connectivity index (χ1v) is 4.52. The maximum atomic E-state index is 12.9. The average molecular weight is 205 g/mol. The molecule has 1 rings (SSSR count). The summed E-state index contributed by atoms with van der Waals surface area (Å²) in [6, 6.07) is 0. The van der Waals surface area contributed by atoms with Gasteiger partial charge in [-0.05, 0) is 11.6 Å². The molecular formula is C7H6ClFN2S. The Hall–Kier alpha value is -0.610. The second kappa shape index (κ2) is 4.42. The average Bonchev–Trinajstić information content (AvgIpc) is 2.07. The van der Waals surface area contributed by atoms with Crippen LogP contribution < -0.4 is 0 Å². The molecule has 0 aliphatic carbocycles. The standard InChI is InChI=1S/C7H6ClFN2S/c1-2-3-12-6-5(9)4-10-7(8)11-6/h2,4H,1,3H2. The molecule has 0 bridgehead atoms. The van der Waals surface area contributed by atoms with E-state index in [0.717, 1.165) is 6.20 Å². The molecule has 0 fully saturated rings. The zero-order chi connectivity index (χ0) is 8.97. The number of rotatable bonds is 3. The summed E-state index contributed by atoms with van der Waals surface area (Å²) >= 11 is 6.70. The van der Waals surface area contributed by atoms with Gasteiger partial charge in [-0.15, -0.1) is 6.58 Å². The summed E-state index contributed by atoms with van der Waals surface area (Å²) in [5.74, 6) is 0.149. The largest absolute Gasteiger partial charge is 0.223 e. The Balaban J connectivity index is 2.82. The van der Waals surface area contributed by atoms with Gasteiger partial charge in [0.15, 0.2) is 5.82 Å². The third-order valence-electron chi connectivity index (χ3n) is 1.02. The molecule has 1 heterocycles. The molecule has 0 amide bonds. The molecule has 0 radical (unpaired) electrons. The molecule has 5 heteroatoms. The smallest absolute Gasteiger partial charge is 0.223 e. The highest BCUT2D eigenvalue weighted by Crippen LogP contribution is 2.19. The minimum atomic E-state index is -0.453. The molecule has 0 aromatic carbocycles. The van der Waals surface area contributed by atoms with Gasteiger partial charge < -0.3 is 0 Å². The number of nitrogens with zero attached hydrogens (tertiary/aromatic N) is 2. The van der Waals surface area contributed by atoms with Crippen LogP contribution in [0.5, 0.6) is 0 Å².